The topological polar surface area (TPSA) is 0 Å². The van der Waals surface area contributed by atoms with Gasteiger partial charge in [0.25, 0.3) is 0 Å². The monoisotopic (exact) mass is 156 g/mol. The van der Waals surface area contributed by atoms with Gasteiger partial charge in [-0.15, -0.1) is 0 Å². The number of hydrogen-bond acceptors (Lipinski definition) is 0. The van der Waals surface area contributed by atoms with Crippen molar-refractivity contribution in [2.45, 2.75) is 20.3 Å². The molecule has 0 saturated heterocycles. The van der Waals surface area contributed by atoms with Crippen LogP contribution in [0.25, 0.3) is 0 Å². The second-order valence-corrected chi connectivity index (χ2v) is 2.48. The van der Waals surface area contributed by atoms with Crippen molar-refractivity contribution < 1.29 is 4.70 Å². The van der Waals surface area contributed by atoms with Gasteiger partial charge in [-0.1, -0.05) is 50.8 Å². The molecule has 0 N–H and O–H groups in total. The molecule has 0 nitrogen and oxygen atoms in total. The molecule has 0 aliphatic rings. The zero-order chi connectivity index (χ0) is 7.98. The van der Waals surface area contributed by atoms with E-state index in [9.17, 15) is 0 Å². The maximum absolute atomic E-state index is 3.93. The van der Waals surface area contributed by atoms with E-state index in [1.54, 1.807) is 6.08 Å². The predicted molar refractivity (Wildman–Crippen MR) is 50.4 cm³/mol. The third kappa shape index (κ3) is 5.59. The van der Waals surface area contributed by atoms with Gasteiger partial charge in [-0.25, -0.2) is 0 Å². The second kappa shape index (κ2) is 7.26. The smallest absolute Gasteiger partial charge is 0.0199 e. The molecule has 1 heteroatoms. The molecule has 0 aromatic heterocycles. The van der Waals surface area contributed by atoms with E-state index in [1.807, 2.05) is 12.2 Å². The fourth-order valence-electron chi connectivity index (χ4n) is 0.618. The van der Waals surface area contributed by atoms with E-state index >= 15 is 0 Å². The maximum Gasteiger partial charge on any atom is -0.0199 e. The Morgan fingerprint density at radius 1 is 1.55 bits per heavy atom. The summed E-state index contributed by atoms with van der Waals surface area (Å²) in [4.78, 5) is 0. The first-order valence-corrected chi connectivity index (χ1v) is 3.70. The molecule has 64 valence electrons. The fourth-order valence-corrected chi connectivity index (χ4v) is 0.618. The third-order valence-electron chi connectivity index (χ3n) is 1.69. The Hall–Kier alpha value is -0.850. The Bertz CT molecular complexity index is 145. The fraction of sp³-hybridized carbons (Fsp3) is 0.400. The van der Waals surface area contributed by atoms with Crippen molar-refractivity contribution in [3.8, 4) is 0 Å². The average Bonchev–Trinajstić information content (AvgIpc) is 1.98. The van der Waals surface area contributed by atoms with Crippen LogP contribution in [0.15, 0.2) is 37.0 Å². The molecule has 0 heterocycles. The Kier molecular flexibility index (Phi) is 8.44. The quantitative estimate of drug-likeness (QED) is 0.546. The lowest BCUT2D eigenvalue weighted by atomic mass is 10.00. The molecule has 0 aromatic carbocycles. The van der Waals surface area contributed by atoms with Gasteiger partial charge in [0.1, 0.15) is 0 Å². The highest BCUT2D eigenvalue weighted by Crippen LogP contribution is 2.12. The van der Waals surface area contributed by atoms with Gasteiger partial charge in [0, 0.05) is 0 Å². The van der Waals surface area contributed by atoms with Crippen LogP contribution < -0.4 is 0 Å². The van der Waals surface area contributed by atoms with Crippen molar-refractivity contribution in [1.82, 2.24) is 0 Å². The Balaban J connectivity index is 0. The molecule has 0 bridgehead atoms. The van der Waals surface area contributed by atoms with Gasteiger partial charge in [-0.05, 0) is 12.3 Å². The number of hydrogen-bond donors (Lipinski definition) is 0. The van der Waals surface area contributed by atoms with Gasteiger partial charge in [0.2, 0.25) is 0 Å². The van der Waals surface area contributed by atoms with Crippen LogP contribution in [-0.2, 0) is 0 Å². The Morgan fingerprint density at radius 3 is 2.45 bits per heavy atom. The van der Waals surface area contributed by atoms with Gasteiger partial charge >= 0.3 is 0 Å². The van der Waals surface area contributed by atoms with Crippen LogP contribution in [0, 0.1) is 5.92 Å². The first kappa shape index (κ1) is 12.8. The molecular formula is C10H17F. The van der Waals surface area contributed by atoms with Crippen LogP contribution in [-0.4, -0.2) is 0 Å². The second-order valence-electron chi connectivity index (χ2n) is 2.48. The van der Waals surface area contributed by atoms with Gasteiger partial charge in [-0.2, -0.15) is 0 Å². The van der Waals surface area contributed by atoms with Crippen LogP contribution in [0.5, 0.6) is 0 Å². The van der Waals surface area contributed by atoms with Crippen molar-refractivity contribution in [2.75, 3.05) is 0 Å². The van der Waals surface area contributed by atoms with Gasteiger partial charge in [0.05, 0.1) is 0 Å². The maximum atomic E-state index is 3.93. The van der Waals surface area contributed by atoms with E-state index in [0.717, 1.165) is 6.42 Å². The number of halogens is 1. The van der Waals surface area contributed by atoms with E-state index in [-0.39, 0.29) is 4.70 Å². The molecule has 0 aliphatic heterocycles. The van der Waals surface area contributed by atoms with Crippen LogP contribution in [0.1, 0.15) is 20.3 Å². The minimum absolute atomic E-state index is 0. The summed E-state index contributed by atoms with van der Waals surface area (Å²) in [5.41, 5.74) is 1.18. The van der Waals surface area contributed by atoms with Crippen molar-refractivity contribution in [3.63, 3.8) is 0 Å². The van der Waals surface area contributed by atoms with Crippen molar-refractivity contribution in [1.29, 1.82) is 0 Å². The van der Waals surface area contributed by atoms with E-state index in [2.05, 4.69) is 27.0 Å². The molecule has 0 spiro atoms. The van der Waals surface area contributed by atoms with Crippen LogP contribution in [0.2, 0.25) is 0 Å². The first-order chi connectivity index (χ1) is 4.72. The summed E-state index contributed by atoms with van der Waals surface area (Å²) in [6.07, 6.45) is 6.86. The van der Waals surface area contributed by atoms with Crippen LogP contribution >= 0.6 is 0 Å². The highest BCUT2D eigenvalue weighted by Gasteiger charge is 1.97. The summed E-state index contributed by atoms with van der Waals surface area (Å²) < 4.78 is 0. The molecule has 11 heavy (non-hydrogen) atoms. The highest BCUT2D eigenvalue weighted by molar-refractivity contribution is 5.19. The normalized spacial score (nSPS) is 12.2. The summed E-state index contributed by atoms with van der Waals surface area (Å²) in [6.45, 7) is 11.9. The number of allylic oxidation sites excluding steroid dienone is 4. The molecule has 0 aromatic rings. The van der Waals surface area contributed by atoms with Gasteiger partial charge in [-0.3, -0.25) is 4.70 Å². The standard InChI is InChI=1S/C10H16.FH/c1-5-7-8-10(4)9(3)6-2;/h5,7-9H,1,4,6H2,2-3H3;1H/b8-7-;. The van der Waals surface area contributed by atoms with Gasteiger partial charge in [0.15, 0.2) is 0 Å². The van der Waals surface area contributed by atoms with E-state index in [0.29, 0.717) is 5.92 Å². The summed E-state index contributed by atoms with van der Waals surface area (Å²) in [5, 5.41) is 0. The lowest BCUT2D eigenvalue weighted by molar-refractivity contribution is 0.673. The molecule has 0 amide bonds. The average molecular weight is 156 g/mol. The SMILES string of the molecule is C=C/C=C\C(=C)C(C)CC.F. The molecule has 0 radical (unpaired) electrons. The van der Waals surface area contributed by atoms with E-state index in [1.165, 1.54) is 5.57 Å². The molecule has 1 atom stereocenters. The molecule has 0 fully saturated rings. The zero-order valence-corrected chi connectivity index (χ0v) is 7.34. The predicted octanol–water partition coefficient (Wildman–Crippen LogP) is 3.48. The molecule has 0 aliphatic carbocycles. The Labute approximate surface area is 68.7 Å². The summed E-state index contributed by atoms with van der Waals surface area (Å²) in [6, 6.07) is 0. The van der Waals surface area contributed by atoms with E-state index in [4.69, 9.17) is 0 Å². The number of rotatable bonds is 4. The molecule has 1 unspecified atom stereocenters. The summed E-state index contributed by atoms with van der Waals surface area (Å²) >= 11 is 0. The lowest BCUT2D eigenvalue weighted by Gasteiger charge is -2.06. The van der Waals surface area contributed by atoms with Crippen LogP contribution in [0.4, 0.5) is 4.70 Å². The largest absolute Gasteiger partial charge is 0.269 e. The van der Waals surface area contributed by atoms with Crippen molar-refractivity contribution >= 4 is 0 Å². The lowest BCUT2D eigenvalue weighted by Crippen LogP contribution is -1.92. The van der Waals surface area contributed by atoms with E-state index < -0.39 is 0 Å². The third-order valence-corrected chi connectivity index (χ3v) is 1.69. The van der Waals surface area contributed by atoms with Crippen LogP contribution in [0.3, 0.4) is 0 Å². The van der Waals surface area contributed by atoms with Crippen molar-refractivity contribution in [3.05, 3.63) is 37.0 Å². The highest BCUT2D eigenvalue weighted by atomic mass is 19.0. The first-order valence-electron chi connectivity index (χ1n) is 3.70. The van der Waals surface area contributed by atoms with Crippen molar-refractivity contribution in [2.24, 2.45) is 5.92 Å². The Morgan fingerprint density at radius 2 is 2.09 bits per heavy atom. The van der Waals surface area contributed by atoms with Gasteiger partial charge < -0.3 is 0 Å². The molecule has 0 saturated carbocycles. The molecular weight excluding hydrogens is 139 g/mol. The zero-order valence-electron chi connectivity index (χ0n) is 7.34. The summed E-state index contributed by atoms with van der Waals surface area (Å²) in [5.74, 6) is 0.594. The molecule has 0 rings (SSSR count). The minimum Gasteiger partial charge on any atom is -0.269 e. The minimum atomic E-state index is 0. The summed E-state index contributed by atoms with van der Waals surface area (Å²) in [7, 11) is 0.